The lowest BCUT2D eigenvalue weighted by Gasteiger charge is -2.22. The molecule has 0 unspecified atom stereocenters. The summed E-state index contributed by atoms with van der Waals surface area (Å²) in [4.78, 5) is 26.4. The lowest BCUT2D eigenvalue weighted by Crippen LogP contribution is -2.37. The molecule has 1 aromatic rings. The zero-order chi connectivity index (χ0) is 19.1. The Labute approximate surface area is 165 Å². The van der Waals surface area contributed by atoms with Crippen LogP contribution in [0.15, 0.2) is 5.16 Å². The fourth-order valence-electron chi connectivity index (χ4n) is 3.88. The topological polar surface area (TPSA) is 80.1 Å². The molecule has 2 fully saturated rings. The van der Waals surface area contributed by atoms with Gasteiger partial charge in [-0.05, 0) is 32.6 Å². The number of nitrogens with zero attached hydrogens (tertiary/aromatic N) is 4. The van der Waals surface area contributed by atoms with E-state index in [9.17, 15) is 9.59 Å². The molecule has 1 saturated heterocycles. The van der Waals surface area contributed by atoms with E-state index in [1.54, 1.807) is 0 Å². The molecule has 2 amide bonds. The summed E-state index contributed by atoms with van der Waals surface area (Å²) in [6, 6.07) is 0.334. The monoisotopic (exact) mass is 393 g/mol. The van der Waals surface area contributed by atoms with Crippen molar-refractivity contribution in [3.63, 3.8) is 0 Å². The standard InChI is InChI=1S/C19H31N5O2S/c1-2-24-16(13-23-12-8-4-7-11-18(23)26)21-22-19(24)27-14-17(25)20-15-9-5-3-6-10-15/h15H,2-14H2,1H3,(H,20,25). The van der Waals surface area contributed by atoms with Crippen molar-refractivity contribution in [2.45, 2.75) is 89.0 Å². The lowest BCUT2D eigenvalue weighted by molar-refractivity contribution is -0.131. The Morgan fingerprint density at radius 3 is 2.70 bits per heavy atom. The molecule has 7 nitrogen and oxygen atoms in total. The van der Waals surface area contributed by atoms with Crippen molar-refractivity contribution in [3.8, 4) is 0 Å². The van der Waals surface area contributed by atoms with Crippen molar-refractivity contribution >= 4 is 23.6 Å². The van der Waals surface area contributed by atoms with Crippen molar-refractivity contribution in [2.75, 3.05) is 12.3 Å². The number of carbonyl (C=O) groups excluding carboxylic acids is 2. The largest absolute Gasteiger partial charge is 0.353 e. The minimum atomic E-state index is 0.0711. The van der Waals surface area contributed by atoms with E-state index in [-0.39, 0.29) is 11.8 Å². The quantitative estimate of drug-likeness (QED) is 0.721. The third-order valence-corrected chi connectivity index (χ3v) is 6.38. The van der Waals surface area contributed by atoms with Gasteiger partial charge < -0.3 is 14.8 Å². The van der Waals surface area contributed by atoms with Gasteiger partial charge in [0, 0.05) is 25.6 Å². The number of carbonyl (C=O) groups is 2. The number of amides is 2. The van der Waals surface area contributed by atoms with E-state index in [0.29, 0.717) is 24.8 Å². The molecule has 0 bridgehead atoms. The van der Waals surface area contributed by atoms with Crippen LogP contribution in [0.2, 0.25) is 0 Å². The molecular weight excluding hydrogens is 362 g/mol. The molecule has 1 saturated carbocycles. The van der Waals surface area contributed by atoms with Gasteiger partial charge in [-0.2, -0.15) is 0 Å². The third-order valence-electron chi connectivity index (χ3n) is 5.42. The zero-order valence-corrected chi connectivity index (χ0v) is 17.1. The summed E-state index contributed by atoms with van der Waals surface area (Å²) in [5, 5.41) is 12.5. The number of hydrogen-bond acceptors (Lipinski definition) is 5. The predicted molar refractivity (Wildman–Crippen MR) is 105 cm³/mol. The minimum absolute atomic E-state index is 0.0711. The van der Waals surface area contributed by atoms with Gasteiger partial charge in [-0.25, -0.2) is 0 Å². The van der Waals surface area contributed by atoms with Gasteiger partial charge in [0.05, 0.1) is 12.3 Å². The number of aromatic nitrogens is 3. The molecule has 0 atom stereocenters. The fourth-order valence-corrected chi connectivity index (χ4v) is 4.72. The summed E-state index contributed by atoms with van der Waals surface area (Å²) in [5.41, 5.74) is 0. The molecule has 0 aromatic carbocycles. The van der Waals surface area contributed by atoms with Gasteiger partial charge in [-0.1, -0.05) is 37.4 Å². The van der Waals surface area contributed by atoms with Gasteiger partial charge in [-0.3, -0.25) is 9.59 Å². The molecular formula is C19H31N5O2S. The van der Waals surface area contributed by atoms with Gasteiger partial charge in [0.1, 0.15) is 0 Å². The maximum atomic E-state index is 12.2. The average molecular weight is 394 g/mol. The minimum Gasteiger partial charge on any atom is -0.353 e. The van der Waals surface area contributed by atoms with Crippen LogP contribution in [-0.4, -0.2) is 49.8 Å². The van der Waals surface area contributed by atoms with Crippen molar-refractivity contribution in [1.29, 1.82) is 0 Å². The highest BCUT2D eigenvalue weighted by molar-refractivity contribution is 7.99. The van der Waals surface area contributed by atoms with Crippen LogP contribution < -0.4 is 5.32 Å². The zero-order valence-electron chi connectivity index (χ0n) is 16.3. The van der Waals surface area contributed by atoms with Crippen LogP contribution in [-0.2, 0) is 22.7 Å². The first-order valence-electron chi connectivity index (χ1n) is 10.3. The van der Waals surface area contributed by atoms with Crippen LogP contribution in [0.3, 0.4) is 0 Å². The second-order valence-corrected chi connectivity index (χ2v) is 8.40. The summed E-state index contributed by atoms with van der Waals surface area (Å²) >= 11 is 1.43. The molecule has 3 rings (SSSR count). The van der Waals surface area contributed by atoms with Crippen molar-refractivity contribution < 1.29 is 9.59 Å². The number of hydrogen-bond donors (Lipinski definition) is 1. The van der Waals surface area contributed by atoms with Crippen LogP contribution in [0.5, 0.6) is 0 Å². The van der Waals surface area contributed by atoms with E-state index in [1.165, 1.54) is 31.0 Å². The molecule has 1 N–H and O–H groups in total. The molecule has 1 aliphatic heterocycles. The summed E-state index contributed by atoms with van der Waals surface area (Å²) in [7, 11) is 0. The van der Waals surface area contributed by atoms with E-state index >= 15 is 0 Å². The third kappa shape index (κ3) is 5.70. The second kappa shape index (κ2) is 10.1. The van der Waals surface area contributed by atoms with E-state index in [4.69, 9.17) is 0 Å². The molecule has 2 aliphatic rings. The Kier molecular flexibility index (Phi) is 7.55. The second-order valence-electron chi connectivity index (χ2n) is 7.46. The highest BCUT2D eigenvalue weighted by Crippen LogP contribution is 2.21. The molecule has 2 heterocycles. The summed E-state index contributed by atoms with van der Waals surface area (Å²) in [6.45, 7) is 4.08. The van der Waals surface area contributed by atoms with E-state index in [0.717, 1.165) is 56.2 Å². The normalized spacial score (nSPS) is 19.1. The SMILES string of the molecule is CCn1c(CN2CCCCCC2=O)nnc1SCC(=O)NC1CCCCC1. The first-order chi connectivity index (χ1) is 13.2. The fraction of sp³-hybridized carbons (Fsp3) is 0.789. The maximum Gasteiger partial charge on any atom is 0.230 e. The summed E-state index contributed by atoms with van der Waals surface area (Å²) in [5.74, 6) is 1.45. The van der Waals surface area contributed by atoms with Crippen LogP contribution >= 0.6 is 11.8 Å². The smallest absolute Gasteiger partial charge is 0.230 e. The number of likely N-dealkylation sites (tertiary alicyclic amines) is 1. The average Bonchev–Trinajstić information content (AvgIpc) is 2.95. The Balaban J connectivity index is 1.55. The van der Waals surface area contributed by atoms with E-state index < -0.39 is 0 Å². The Hall–Kier alpha value is -1.57. The first kappa shape index (κ1) is 20.2. The number of thioether (sulfide) groups is 1. The van der Waals surface area contributed by atoms with Crippen LogP contribution in [0, 0.1) is 0 Å². The van der Waals surface area contributed by atoms with Gasteiger partial charge in [0.25, 0.3) is 0 Å². The Bertz CT molecular complexity index is 642. The van der Waals surface area contributed by atoms with Gasteiger partial charge in [0.2, 0.25) is 11.8 Å². The molecule has 0 spiro atoms. The maximum absolute atomic E-state index is 12.2. The highest BCUT2D eigenvalue weighted by atomic mass is 32.2. The molecule has 27 heavy (non-hydrogen) atoms. The summed E-state index contributed by atoms with van der Waals surface area (Å²) < 4.78 is 2.02. The van der Waals surface area contributed by atoms with Crippen LogP contribution in [0.25, 0.3) is 0 Å². The molecule has 1 aliphatic carbocycles. The predicted octanol–water partition coefficient (Wildman–Crippen LogP) is 2.74. The highest BCUT2D eigenvalue weighted by Gasteiger charge is 2.21. The van der Waals surface area contributed by atoms with Crippen molar-refractivity contribution in [1.82, 2.24) is 25.0 Å². The van der Waals surface area contributed by atoms with E-state index in [1.807, 2.05) is 16.4 Å². The van der Waals surface area contributed by atoms with Gasteiger partial charge in [-0.15, -0.1) is 10.2 Å². The van der Waals surface area contributed by atoms with E-state index in [2.05, 4.69) is 15.5 Å². The van der Waals surface area contributed by atoms with Crippen molar-refractivity contribution in [2.24, 2.45) is 0 Å². The first-order valence-corrected chi connectivity index (χ1v) is 11.3. The molecule has 0 radical (unpaired) electrons. The number of rotatable bonds is 7. The number of nitrogens with one attached hydrogen (secondary N) is 1. The van der Waals surface area contributed by atoms with Crippen LogP contribution in [0.4, 0.5) is 0 Å². The molecule has 1 aromatic heterocycles. The van der Waals surface area contributed by atoms with Crippen LogP contribution in [0.1, 0.15) is 70.5 Å². The summed E-state index contributed by atoms with van der Waals surface area (Å²) in [6.07, 6.45) is 9.65. The van der Waals surface area contributed by atoms with Crippen molar-refractivity contribution in [3.05, 3.63) is 5.82 Å². The Morgan fingerprint density at radius 1 is 1.15 bits per heavy atom. The Morgan fingerprint density at radius 2 is 1.93 bits per heavy atom. The lowest BCUT2D eigenvalue weighted by atomic mass is 9.95. The van der Waals surface area contributed by atoms with Gasteiger partial charge in [0.15, 0.2) is 11.0 Å². The van der Waals surface area contributed by atoms with Gasteiger partial charge >= 0.3 is 0 Å². The molecule has 8 heteroatoms. The molecule has 150 valence electrons.